The lowest BCUT2D eigenvalue weighted by atomic mass is 10.0. The number of hydrogen-bond donors (Lipinski definition) is 2. The number of sulfone groups is 1. The molecule has 222 valence electrons. The summed E-state index contributed by atoms with van der Waals surface area (Å²) in [7, 11) is -8.09. The van der Waals surface area contributed by atoms with Crippen molar-refractivity contribution in [1.29, 1.82) is 0 Å². The molecule has 0 fully saturated rings. The summed E-state index contributed by atoms with van der Waals surface area (Å²) in [6, 6.07) is 15.3. The average molecular weight is 646 g/mol. The Bertz CT molecular complexity index is 2200. The third kappa shape index (κ3) is 6.38. The van der Waals surface area contributed by atoms with Crippen LogP contribution in [-0.2, 0) is 32.2 Å². The Hall–Kier alpha value is -4.33. The van der Waals surface area contributed by atoms with Gasteiger partial charge in [-0.2, -0.15) is 0 Å². The number of halogens is 3. The van der Waals surface area contributed by atoms with E-state index in [4.69, 9.17) is 11.6 Å². The van der Waals surface area contributed by atoms with Crippen molar-refractivity contribution in [3.63, 3.8) is 0 Å². The second kappa shape index (κ2) is 11.4. The Morgan fingerprint density at radius 1 is 0.977 bits per heavy atom. The normalized spacial score (nSPS) is 12.0. The maximum Gasteiger partial charge on any atom is 0.282 e. The number of sulfonamides is 1. The van der Waals surface area contributed by atoms with Crippen LogP contribution in [0.3, 0.4) is 0 Å². The summed E-state index contributed by atoms with van der Waals surface area (Å²) in [6.45, 7) is -0.418. The van der Waals surface area contributed by atoms with E-state index in [0.717, 1.165) is 30.5 Å². The lowest BCUT2D eigenvalue weighted by Crippen LogP contribution is -2.33. The van der Waals surface area contributed by atoms with Gasteiger partial charge < -0.3 is 9.55 Å². The Balaban J connectivity index is 1.72. The van der Waals surface area contributed by atoms with Gasteiger partial charge in [-0.1, -0.05) is 23.7 Å². The second-order valence-corrected chi connectivity index (χ2v) is 14.0. The maximum atomic E-state index is 14.8. The molecule has 0 aliphatic rings. The average Bonchev–Trinajstić information content (AvgIpc) is 3.23. The first-order valence-electron chi connectivity index (χ1n) is 12.5. The summed E-state index contributed by atoms with van der Waals surface area (Å²) in [6.07, 6.45) is 2.36. The first kappa shape index (κ1) is 30.1. The smallest absolute Gasteiger partial charge is 0.282 e. The van der Waals surface area contributed by atoms with Gasteiger partial charge in [0, 0.05) is 45.1 Å². The van der Waals surface area contributed by atoms with E-state index in [9.17, 15) is 35.2 Å². The number of aromatic nitrogens is 2. The minimum absolute atomic E-state index is 0.00840. The molecular formula is C29H22ClF2N3O6S2. The van der Waals surface area contributed by atoms with E-state index < -0.39 is 55.3 Å². The van der Waals surface area contributed by atoms with E-state index in [1.165, 1.54) is 59.3 Å². The van der Waals surface area contributed by atoms with Crippen molar-refractivity contribution in [2.24, 2.45) is 0 Å². The van der Waals surface area contributed by atoms with Crippen molar-refractivity contribution < 1.29 is 30.4 Å². The van der Waals surface area contributed by atoms with Crippen molar-refractivity contribution in [3.05, 3.63) is 123 Å². The molecule has 3 aromatic carbocycles. The molecule has 0 aliphatic carbocycles. The van der Waals surface area contributed by atoms with Crippen LogP contribution in [0.4, 0.5) is 8.78 Å². The fourth-order valence-corrected chi connectivity index (χ4v) is 6.77. The van der Waals surface area contributed by atoms with E-state index in [1.807, 2.05) is 4.72 Å². The van der Waals surface area contributed by atoms with Gasteiger partial charge in [-0.15, -0.1) is 0 Å². The molecule has 0 saturated carbocycles. The number of carbonyl (C=O) groups excluding carboxylic acids is 1. The highest BCUT2D eigenvalue weighted by Gasteiger charge is 2.29. The standard InChI is InChI=1S/C29H22ClF2N3O6S2/c1-42(38,39)16-17-4-2-5-21(12-17)43(40,41)34-29(37)27-26(22-6-3-11-33-28(22)36)23-14-19(30)7-10-25(23)35(27)15-18-13-20(31)8-9-24(18)32/h2-14H,15-16H2,1H3,(H,33,36)(H,34,37). The molecular weight excluding hydrogens is 624 g/mol. The molecule has 9 nitrogen and oxygen atoms in total. The highest BCUT2D eigenvalue weighted by atomic mass is 35.5. The minimum Gasteiger partial charge on any atom is -0.331 e. The predicted molar refractivity (Wildman–Crippen MR) is 158 cm³/mol. The van der Waals surface area contributed by atoms with Crippen LogP contribution in [0.15, 0.2) is 88.7 Å². The monoisotopic (exact) mass is 645 g/mol. The fraction of sp³-hybridized carbons (Fsp3) is 0.103. The Morgan fingerprint density at radius 3 is 2.47 bits per heavy atom. The van der Waals surface area contributed by atoms with Crippen LogP contribution in [-0.4, -0.2) is 38.5 Å². The molecule has 2 aromatic heterocycles. The number of amides is 1. The number of nitrogens with one attached hydrogen (secondary N) is 2. The third-order valence-electron chi connectivity index (χ3n) is 6.53. The number of carbonyl (C=O) groups is 1. The molecule has 2 N–H and O–H groups in total. The quantitative estimate of drug-likeness (QED) is 0.252. The van der Waals surface area contributed by atoms with E-state index in [1.54, 1.807) is 0 Å². The van der Waals surface area contributed by atoms with Gasteiger partial charge in [-0.3, -0.25) is 9.59 Å². The minimum atomic E-state index is -4.60. The number of H-pyrrole nitrogens is 1. The number of benzene rings is 3. The van der Waals surface area contributed by atoms with Gasteiger partial charge in [0.1, 0.15) is 17.3 Å². The zero-order valence-electron chi connectivity index (χ0n) is 22.3. The molecule has 0 saturated heterocycles. The number of hydrogen-bond acceptors (Lipinski definition) is 6. The van der Waals surface area contributed by atoms with E-state index in [0.29, 0.717) is 0 Å². The highest BCUT2D eigenvalue weighted by Crippen LogP contribution is 2.36. The van der Waals surface area contributed by atoms with Crippen molar-refractivity contribution in [2.75, 3.05) is 6.26 Å². The maximum absolute atomic E-state index is 14.8. The number of rotatable bonds is 8. The zero-order chi connectivity index (χ0) is 31.1. The number of pyridine rings is 1. The zero-order valence-corrected chi connectivity index (χ0v) is 24.7. The summed E-state index contributed by atoms with van der Waals surface area (Å²) in [5, 5.41) is 0.510. The molecule has 5 rings (SSSR count). The number of nitrogens with zero attached hydrogens (tertiary/aromatic N) is 1. The number of aromatic amines is 1. The van der Waals surface area contributed by atoms with Gasteiger partial charge >= 0.3 is 0 Å². The van der Waals surface area contributed by atoms with Crippen molar-refractivity contribution in [2.45, 2.75) is 17.2 Å². The summed E-state index contributed by atoms with van der Waals surface area (Å²) < 4.78 is 82.5. The van der Waals surface area contributed by atoms with Crippen LogP contribution in [0, 0.1) is 11.6 Å². The lowest BCUT2D eigenvalue weighted by Gasteiger charge is -2.14. The molecule has 43 heavy (non-hydrogen) atoms. The predicted octanol–water partition coefficient (Wildman–Crippen LogP) is 4.64. The van der Waals surface area contributed by atoms with Gasteiger partial charge in [-0.05, 0) is 66.2 Å². The third-order valence-corrected chi connectivity index (χ3v) is 8.95. The molecule has 2 heterocycles. The largest absolute Gasteiger partial charge is 0.331 e. The van der Waals surface area contributed by atoms with Crippen LogP contribution in [0.25, 0.3) is 22.0 Å². The highest BCUT2D eigenvalue weighted by molar-refractivity contribution is 7.90. The van der Waals surface area contributed by atoms with Gasteiger partial charge in [0.15, 0.2) is 9.84 Å². The molecule has 0 atom stereocenters. The van der Waals surface area contributed by atoms with E-state index in [2.05, 4.69) is 4.98 Å². The second-order valence-electron chi connectivity index (χ2n) is 9.77. The molecule has 0 spiro atoms. The van der Waals surface area contributed by atoms with Crippen LogP contribution in [0.5, 0.6) is 0 Å². The first-order chi connectivity index (χ1) is 20.2. The first-order valence-corrected chi connectivity index (χ1v) is 16.4. The van der Waals surface area contributed by atoms with Gasteiger partial charge in [0.05, 0.1) is 17.2 Å². The fourth-order valence-electron chi connectivity index (χ4n) is 4.79. The molecule has 0 unspecified atom stereocenters. The summed E-state index contributed by atoms with van der Waals surface area (Å²) in [5.74, 6) is -3.13. The molecule has 5 aromatic rings. The van der Waals surface area contributed by atoms with Crippen LogP contribution >= 0.6 is 11.6 Å². The SMILES string of the molecule is CS(=O)(=O)Cc1cccc(S(=O)(=O)NC(=O)c2c(-c3ccc[nH]c3=O)c3cc(Cl)ccc3n2Cc2cc(F)ccc2F)c1. The van der Waals surface area contributed by atoms with Gasteiger partial charge in [0.2, 0.25) is 0 Å². The lowest BCUT2D eigenvalue weighted by molar-refractivity contribution is 0.0974. The van der Waals surface area contributed by atoms with Crippen LogP contribution < -0.4 is 10.3 Å². The van der Waals surface area contributed by atoms with Gasteiger partial charge in [-0.25, -0.2) is 30.3 Å². The Labute approximate surface area is 249 Å². The molecule has 0 bridgehead atoms. The molecule has 0 radical (unpaired) electrons. The van der Waals surface area contributed by atoms with Crippen molar-refractivity contribution in [3.8, 4) is 11.1 Å². The summed E-state index contributed by atoms with van der Waals surface area (Å²) in [5.41, 5.74) is -0.632. The molecule has 14 heteroatoms. The Morgan fingerprint density at radius 2 is 1.74 bits per heavy atom. The Kier molecular flexibility index (Phi) is 7.99. The summed E-state index contributed by atoms with van der Waals surface area (Å²) in [4.78, 5) is 29.0. The van der Waals surface area contributed by atoms with Gasteiger partial charge in [0.25, 0.3) is 21.5 Å². The summed E-state index contributed by atoms with van der Waals surface area (Å²) >= 11 is 6.27. The van der Waals surface area contributed by atoms with Crippen LogP contribution in [0.2, 0.25) is 5.02 Å². The van der Waals surface area contributed by atoms with E-state index in [-0.39, 0.29) is 48.8 Å². The van der Waals surface area contributed by atoms with Crippen LogP contribution in [0.1, 0.15) is 21.6 Å². The van der Waals surface area contributed by atoms with Crippen molar-refractivity contribution >= 4 is 48.3 Å². The van der Waals surface area contributed by atoms with E-state index >= 15 is 0 Å². The van der Waals surface area contributed by atoms with Crippen molar-refractivity contribution in [1.82, 2.24) is 14.3 Å². The number of fused-ring (bicyclic) bond motifs is 1. The molecule has 1 amide bonds. The molecule has 0 aliphatic heterocycles. The topological polar surface area (TPSA) is 135 Å².